The van der Waals surface area contributed by atoms with E-state index < -0.39 is 0 Å². The molecule has 0 aliphatic heterocycles. The van der Waals surface area contributed by atoms with Gasteiger partial charge in [-0.3, -0.25) is 5.10 Å². The van der Waals surface area contributed by atoms with Crippen LogP contribution in [0.5, 0.6) is 5.75 Å². The van der Waals surface area contributed by atoms with E-state index in [2.05, 4.69) is 47.2 Å². The molecule has 0 atom stereocenters. The topological polar surface area (TPSA) is 66.2 Å². The number of aromatic nitrogens is 3. The van der Waals surface area contributed by atoms with E-state index in [1.165, 1.54) is 0 Å². The molecule has 0 bridgehead atoms. The summed E-state index contributed by atoms with van der Waals surface area (Å²) in [6.07, 6.45) is 1.66. The van der Waals surface area contributed by atoms with E-state index >= 15 is 0 Å². The molecule has 0 aliphatic rings. The van der Waals surface area contributed by atoms with Gasteiger partial charge in [-0.05, 0) is 61.8 Å². The van der Waals surface area contributed by atoms with Crippen LogP contribution in [0.15, 0.2) is 26.2 Å². The minimum absolute atomic E-state index is 0.157. The fourth-order valence-electron chi connectivity index (χ4n) is 1.57. The summed E-state index contributed by atoms with van der Waals surface area (Å²) in [6.45, 7) is 4.04. The van der Waals surface area contributed by atoms with Crippen molar-refractivity contribution in [1.82, 2.24) is 14.9 Å². The van der Waals surface area contributed by atoms with Crippen LogP contribution in [-0.4, -0.2) is 26.2 Å². The molecular formula is C12H12Br2N4OS. The highest BCUT2D eigenvalue weighted by atomic mass is 79.9. The van der Waals surface area contributed by atoms with Crippen molar-refractivity contribution in [3.63, 3.8) is 0 Å². The van der Waals surface area contributed by atoms with Gasteiger partial charge in [0.15, 0.2) is 5.82 Å². The zero-order valence-electron chi connectivity index (χ0n) is 10.8. The molecule has 0 spiro atoms. The summed E-state index contributed by atoms with van der Waals surface area (Å²) in [5, 5.41) is 20.9. The highest BCUT2D eigenvalue weighted by Crippen LogP contribution is 2.32. The van der Waals surface area contributed by atoms with Gasteiger partial charge in [-0.1, -0.05) is 13.8 Å². The van der Waals surface area contributed by atoms with Crippen LogP contribution >= 0.6 is 44.1 Å². The van der Waals surface area contributed by atoms with Gasteiger partial charge < -0.3 is 5.11 Å². The summed E-state index contributed by atoms with van der Waals surface area (Å²) >= 11 is 11.7. The number of benzene rings is 1. The van der Waals surface area contributed by atoms with Crippen LogP contribution in [0.4, 0.5) is 0 Å². The molecule has 106 valence electrons. The van der Waals surface area contributed by atoms with Gasteiger partial charge in [0.1, 0.15) is 5.75 Å². The predicted molar refractivity (Wildman–Crippen MR) is 88.0 cm³/mol. The number of H-pyrrole nitrogens is 1. The summed E-state index contributed by atoms with van der Waals surface area (Å²) in [7, 11) is 0. The Labute approximate surface area is 138 Å². The molecule has 2 aromatic rings. The number of halogens is 2. The SMILES string of the molecule is CC(C)c1n[nH]c(=S)n1/N=C/c1cc(Br)c(O)c(Br)c1. The highest BCUT2D eigenvalue weighted by molar-refractivity contribution is 9.11. The molecule has 0 unspecified atom stereocenters. The Hall–Kier alpha value is -0.990. The highest BCUT2D eigenvalue weighted by Gasteiger charge is 2.09. The molecule has 0 saturated heterocycles. The minimum Gasteiger partial charge on any atom is -0.506 e. The first-order valence-electron chi connectivity index (χ1n) is 5.80. The number of aromatic hydroxyl groups is 1. The van der Waals surface area contributed by atoms with Crippen molar-refractivity contribution >= 4 is 50.3 Å². The number of hydrogen-bond donors (Lipinski definition) is 2. The van der Waals surface area contributed by atoms with Crippen LogP contribution in [0.1, 0.15) is 31.2 Å². The molecule has 2 rings (SSSR count). The summed E-state index contributed by atoms with van der Waals surface area (Å²) in [6, 6.07) is 3.53. The number of nitrogens with zero attached hydrogens (tertiary/aromatic N) is 3. The van der Waals surface area contributed by atoms with E-state index in [1.807, 2.05) is 13.8 Å². The lowest BCUT2D eigenvalue weighted by atomic mass is 10.2. The third kappa shape index (κ3) is 3.18. The van der Waals surface area contributed by atoms with Crippen molar-refractivity contribution in [2.24, 2.45) is 5.10 Å². The average molecular weight is 420 g/mol. The lowest BCUT2D eigenvalue weighted by molar-refractivity contribution is 0.468. The third-order valence-electron chi connectivity index (χ3n) is 2.55. The number of aromatic amines is 1. The number of phenols is 1. The first-order valence-corrected chi connectivity index (χ1v) is 7.79. The zero-order valence-corrected chi connectivity index (χ0v) is 14.8. The fourth-order valence-corrected chi connectivity index (χ4v) is 2.98. The van der Waals surface area contributed by atoms with Gasteiger partial charge in [0.05, 0.1) is 15.2 Å². The first kappa shape index (κ1) is 15.4. The van der Waals surface area contributed by atoms with Crippen molar-refractivity contribution in [2.45, 2.75) is 19.8 Å². The van der Waals surface area contributed by atoms with Crippen LogP contribution in [0, 0.1) is 4.77 Å². The molecule has 1 aromatic carbocycles. The van der Waals surface area contributed by atoms with Crippen molar-refractivity contribution < 1.29 is 5.11 Å². The maximum absolute atomic E-state index is 9.67. The fraction of sp³-hybridized carbons (Fsp3) is 0.250. The van der Waals surface area contributed by atoms with Crippen molar-refractivity contribution in [3.8, 4) is 5.75 Å². The lowest BCUT2D eigenvalue weighted by Crippen LogP contribution is -2.01. The van der Waals surface area contributed by atoms with Crippen LogP contribution in [0.25, 0.3) is 0 Å². The van der Waals surface area contributed by atoms with Crippen LogP contribution in [0.3, 0.4) is 0 Å². The van der Waals surface area contributed by atoms with Gasteiger partial charge >= 0.3 is 0 Å². The maximum Gasteiger partial charge on any atom is 0.216 e. The van der Waals surface area contributed by atoms with Crippen LogP contribution in [-0.2, 0) is 0 Å². The van der Waals surface area contributed by atoms with Gasteiger partial charge in [-0.25, -0.2) is 0 Å². The average Bonchev–Trinajstić information content (AvgIpc) is 2.74. The quantitative estimate of drug-likeness (QED) is 0.579. The Kier molecular flexibility index (Phi) is 4.77. The Morgan fingerprint density at radius 1 is 1.40 bits per heavy atom. The monoisotopic (exact) mass is 418 g/mol. The summed E-state index contributed by atoms with van der Waals surface area (Å²) in [4.78, 5) is 0. The number of phenolic OH excluding ortho intramolecular Hbond substituents is 1. The molecular weight excluding hydrogens is 408 g/mol. The van der Waals surface area contributed by atoms with E-state index in [0.29, 0.717) is 13.7 Å². The molecule has 0 fully saturated rings. The molecule has 2 N–H and O–H groups in total. The Morgan fingerprint density at radius 2 is 2.00 bits per heavy atom. The molecule has 0 amide bonds. The van der Waals surface area contributed by atoms with Crippen LogP contribution < -0.4 is 0 Å². The number of rotatable bonds is 3. The van der Waals surface area contributed by atoms with Gasteiger partial charge in [-0.2, -0.15) is 14.9 Å². The number of nitrogens with one attached hydrogen (secondary N) is 1. The molecule has 0 radical (unpaired) electrons. The molecule has 0 aliphatic carbocycles. The minimum atomic E-state index is 0.157. The summed E-state index contributed by atoms with van der Waals surface area (Å²) < 4.78 is 3.22. The van der Waals surface area contributed by atoms with Crippen molar-refractivity contribution in [3.05, 3.63) is 37.2 Å². The Balaban J connectivity index is 2.40. The van der Waals surface area contributed by atoms with Gasteiger partial charge in [0, 0.05) is 5.92 Å². The standard InChI is InChI=1S/C12H12Br2N4OS/c1-6(2)11-16-17-12(20)18(11)15-5-7-3-8(13)10(19)9(14)4-7/h3-6,19H,1-2H3,(H,17,20)/b15-5+. The van der Waals surface area contributed by atoms with E-state index in [1.54, 1.807) is 23.0 Å². The summed E-state index contributed by atoms with van der Waals surface area (Å²) in [5.74, 6) is 1.13. The van der Waals surface area contributed by atoms with Crippen molar-refractivity contribution in [1.29, 1.82) is 0 Å². The van der Waals surface area contributed by atoms with E-state index in [-0.39, 0.29) is 11.7 Å². The van der Waals surface area contributed by atoms with Crippen molar-refractivity contribution in [2.75, 3.05) is 0 Å². The largest absolute Gasteiger partial charge is 0.506 e. The van der Waals surface area contributed by atoms with E-state index in [9.17, 15) is 5.11 Å². The Morgan fingerprint density at radius 3 is 2.55 bits per heavy atom. The molecule has 1 aromatic heterocycles. The summed E-state index contributed by atoms with van der Waals surface area (Å²) in [5.41, 5.74) is 0.819. The van der Waals surface area contributed by atoms with Crippen LogP contribution in [0.2, 0.25) is 0 Å². The first-order chi connectivity index (χ1) is 9.40. The molecule has 1 heterocycles. The second-order valence-corrected chi connectivity index (χ2v) is 6.53. The molecule has 5 nitrogen and oxygen atoms in total. The second-order valence-electron chi connectivity index (χ2n) is 4.43. The molecule has 8 heteroatoms. The van der Waals surface area contributed by atoms with E-state index in [0.717, 1.165) is 11.4 Å². The predicted octanol–water partition coefficient (Wildman–Crippen LogP) is 4.18. The van der Waals surface area contributed by atoms with Gasteiger partial charge in [-0.15, -0.1) is 0 Å². The van der Waals surface area contributed by atoms with Gasteiger partial charge in [0.2, 0.25) is 4.77 Å². The molecule has 20 heavy (non-hydrogen) atoms. The number of hydrogen-bond acceptors (Lipinski definition) is 4. The lowest BCUT2D eigenvalue weighted by Gasteiger charge is -2.04. The second kappa shape index (κ2) is 6.19. The smallest absolute Gasteiger partial charge is 0.216 e. The maximum atomic E-state index is 9.67. The third-order valence-corrected chi connectivity index (χ3v) is 4.03. The van der Waals surface area contributed by atoms with E-state index in [4.69, 9.17) is 12.2 Å². The molecule has 0 saturated carbocycles. The normalized spacial score (nSPS) is 11.7. The van der Waals surface area contributed by atoms with Gasteiger partial charge in [0.25, 0.3) is 0 Å². The Bertz CT molecular complexity index is 697. The zero-order chi connectivity index (χ0) is 14.9.